The fourth-order valence-electron chi connectivity index (χ4n) is 2.84. The number of hydrogen-bond acceptors (Lipinski definition) is 3. The molecule has 2 aliphatic rings. The smallest absolute Gasteiger partial charge is 0.170 e. The molecule has 0 fully saturated rings. The van der Waals surface area contributed by atoms with Crippen molar-refractivity contribution in [2.24, 2.45) is 11.8 Å². The molecule has 0 spiro atoms. The quantitative estimate of drug-likeness (QED) is 0.666. The number of anilines is 1. The molecule has 1 aromatic rings. The minimum atomic E-state index is -0.0415. The summed E-state index contributed by atoms with van der Waals surface area (Å²) in [4.78, 5) is 12.3. The third-order valence-electron chi connectivity index (χ3n) is 3.67. The topological polar surface area (TPSA) is 66.9 Å². The first-order valence-corrected chi connectivity index (χ1v) is 5.83. The largest absolute Gasteiger partial charge is 0.399 e. The lowest BCUT2D eigenvalue weighted by Gasteiger charge is -2.32. The van der Waals surface area contributed by atoms with Crippen LogP contribution in [0.15, 0.2) is 30.4 Å². The van der Waals surface area contributed by atoms with Crippen LogP contribution in [0.25, 0.3) is 0 Å². The molecule has 0 saturated carbocycles. The predicted octanol–water partition coefficient (Wildman–Crippen LogP) is 2.22. The molecular weight excluding hydrogens is 212 g/mol. The predicted molar refractivity (Wildman–Crippen MR) is 67.4 cm³/mol. The number of nitrogen functional groups attached to an aromatic ring is 1. The Morgan fingerprint density at radius 2 is 2.12 bits per heavy atom. The molecule has 2 aliphatic carbocycles. The summed E-state index contributed by atoms with van der Waals surface area (Å²) in [5.74, 6) is 0.384. The summed E-state index contributed by atoms with van der Waals surface area (Å²) in [5, 5.41) is 7.68. The number of benzene rings is 1. The van der Waals surface area contributed by atoms with Gasteiger partial charge in [0, 0.05) is 22.9 Å². The Kier molecular flexibility index (Phi) is 2.15. The SMILES string of the molecule is N=C1C=CC2C(=O)c3ccc(N)cc3CC2C1. The Morgan fingerprint density at radius 3 is 2.94 bits per heavy atom. The van der Waals surface area contributed by atoms with Gasteiger partial charge in [-0.3, -0.25) is 4.79 Å². The summed E-state index contributed by atoms with van der Waals surface area (Å²) in [5.41, 5.74) is 8.92. The number of nitrogens with one attached hydrogen (secondary N) is 1. The van der Waals surface area contributed by atoms with Crippen LogP contribution >= 0.6 is 0 Å². The Balaban J connectivity index is 2.07. The van der Waals surface area contributed by atoms with Gasteiger partial charge in [-0.2, -0.15) is 0 Å². The summed E-state index contributed by atoms with van der Waals surface area (Å²) in [7, 11) is 0. The number of hydrogen-bond donors (Lipinski definition) is 2. The van der Waals surface area contributed by atoms with Gasteiger partial charge >= 0.3 is 0 Å². The molecule has 2 unspecified atom stereocenters. The molecule has 86 valence electrons. The van der Waals surface area contributed by atoms with Gasteiger partial charge in [-0.1, -0.05) is 6.08 Å². The lowest BCUT2D eigenvalue weighted by Crippen LogP contribution is -2.33. The molecule has 17 heavy (non-hydrogen) atoms. The third kappa shape index (κ3) is 1.58. The van der Waals surface area contributed by atoms with Crippen LogP contribution in [0.4, 0.5) is 5.69 Å². The second-order valence-electron chi connectivity index (χ2n) is 4.86. The Hall–Kier alpha value is -1.90. The fraction of sp³-hybridized carbons (Fsp3) is 0.286. The minimum absolute atomic E-state index is 0.0415. The van der Waals surface area contributed by atoms with Gasteiger partial charge in [0.1, 0.15) is 0 Å². The molecule has 2 atom stereocenters. The van der Waals surface area contributed by atoms with Gasteiger partial charge in [0.15, 0.2) is 5.78 Å². The van der Waals surface area contributed by atoms with Gasteiger partial charge in [-0.05, 0) is 48.6 Å². The van der Waals surface area contributed by atoms with E-state index in [9.17, 15) is 4.79 Å². The molecule has 0 aromatic heterocycles. The van der Waals surface area contributed by atoms with E-state index in [0.717, 1.165) is 17.5 Å². The Labute approximate surface area is 99.8 Å². The van der Waals surface area contributed by atoms with Crippen molar-refractivity contribution in [1.29, 1.82) is 5.41 Å². The summed E-state index contributed by atoms with van der Waals surface area (Å²) < 4.78 is 0. The Morgan fingerprint density at radius 1 is 1.29 bits per heavy atom. The zero-order valence-electron chi connectivity index (χ0n) is 9.44. The minimum Gasteiger partial charge on any atom is -0.399 e. The van der Waals surface area contributed by atoms with E-state index in [-0.39, 0.29) is 17.6 Å². The molecule has 1 aromatic carbocycles. The molecule has 0 radical (unpaired) electrons. The molecule has 3 nitrogen and oxygen atoms in total. The van der Waals surface area contributed by atoms with Gasteiger partial charge in [0.25, 0.3) is 0 Å². The van der Waals surface area contributed by atoms with Gasteiger partial charge in [-0.15, -0.1) is 0 Å². The molecule has 3 heteroatoms. The number of Topliss-reactive ketones (excluding diaryl/α,β-unsaturated/α-hetero) is 1. The van der Waals surface area contributed by atoms with E-state index in [2.05, 4.69) is 0 Å². The standard InChI is InChI=1S/C14H14N2O/c15-10-1-3-12-8(6-10)5-9-7-11(16)2-4-13(9)14(12)17/h1-4,6,9,13,16H,5,7,15H2. The van der Waals surface area contributed by atoms with Crippen LogP contribution in [-0.4, -0.2) is 11.5 Å². The molecule has 0 saturated heterocycles. The van der Waals surface area contributed by atoms with Crippen molar-refractivity contribution in [3.05, 3.63) is 41.5 Å². The van der Waals surface area contributed by atoms with Crippen LogP contribution < -0.4 is 5.73 Å². The van der Waals surface area contributed by atoms with Crippen LogP contribution in [-0.2, 0) is 6.42 Å². The average molecular weight is 226 g/mol. The van der Waals surface area contributed by atoms with Crippen molar-refractivity contribution in [3.8, 4) is 0 Å². The zero-order chi connectivity index (χ0) is 12.0. The van der Waals surface area contributed by atoms with E-state index < -0.39 is 0 Å². The van der Waals surface area contributed by atoms with Gasteiger partial charge in [0.05, 0.1) is 0 Å². The van der Waals surface area contributed by atoms with Crippen LogP contribution in [0, 0.1) is 17.2 Å². The van der Waals surface area contributed by atoms with Gasteiger partial charge < -0.3 is 11.1 Å². The lowest BCUT2D eigenvalue weighted by atomic mass is 9.70. The van der Waals surface area contributed by atoms with E-state index >= 15 is 0 Å². The van der Waals surface area contributed by atoms with Crippen molar-refractivity contribution in [2.45, 2.75) is 12.8 Å². The summed E-state index contributed by atoms with van der Waals surface area (Å²) >= 11 is 0. The van der Waals surface area contributed by atoms with Gasteiger partial charge in [-0.25, -0.2) is 0 Å². The number of carbonyl (C=O) groups excluding carboxylic acids is 1. The van der Waals surface area contributed by atoms with E-state index in [1.807, 2.05) is 18.2 Å². The van der Waals surface area contributed by atoms with Crippen LogP contribution in [0.2, 0.25) is 0 Å². The second kappa shape index (κ2) is 3.55. The molecule has 3 N–H and O–H groups in total. The van der Waals surface area contributed by atoms with Crippen molar-refractivity contribution in [1.82, 2.24) is 0 Å². The van der Waals surface area contributed by atoms with Gasteiger partial charge in [0.2, 0.25) is 0 Å². The van der Waals surface area contributed by atoms with E-state index in [4.69, 9.17) is 11.1 Å². The van der Waals surface area contributed by atoms with Crippen molar-refractivity contribution in [3.63, 3.8) is 0 Å². The van der Waals surface area contributed by atoms with Crippen molar-refractivity contribution >= 4 is 17.2 Å². The summed E-state index contributed by atoms with van der Waals surface area (Å²) in [6.45, 7) is 0. The van der Waals surface area contributed by atoms with E-state index in [0.29, 0.717) is 17.8 Å². The second-order valence-corrected chi connectivity index (χ2v) is 4.86. The highest BCUT2D eigenvalue weighted by atomic mass is 16.1. The molecule has 3 rings (SSSR count). The first kappa shape index (κ1) is 10.3. The number of carbonyl (C=O) groups is 1. The molecule has 0 aliphatic heterocycles. The highest BCUT2D eigenvalue weighted by Gasteiger charge is 2.35. The maximum absolute atomic E-state index is 12.3. The lowest BCUT2D eigenvalue weighted by molar-refractivity contribution is 0.0893. The number of ketones is 1. The highest BCUT2D eigenvalue weighted by molar-refractivity contribution is 6.04. The van der Waals surface area contributed by atoms with Crippen LogP contribution in [0.5, 0.6) is 0 Å². The summed E-state index contributed by atoms with van der Waals surface area (Å²) in [6, 6.07) is 5.51. The maximum atomic E-state index is 12.3. The zero-order valence-corrected chi connectivity index (χ0v) is 9.44. The molecule has 0 bridgehead atoms. The summed E-state index contributed by atoms with van der Waals surface area (Å²) in [6.07, 6.45) is 5.20. The number of rotatable bonds is 0. The highest BCUT2D eigenvalue weighted by Crippen LogP contribution is 2.36. The number of nitrogens with two attached hydrogens (primary N) is 1. The maximum Gasteiger partial charge on any atom is 0.170 e. The molecule has 0 heterocycles. The van der Waals surface area contributed by atoms with Crippen molar-refractivity contribution < 1.29 is 4.79 Å². The normalized spacial score (nSPS) is 26.6. The Bertz CT molecular complexity index is 545. The van der Waals surface area contributed by atoms with E-state index in [1.165, 1.54) is 0 Å². The number of allylic oxidation sites excluding steroid dienone is 2. The van der Waals surface area contributed by atoms with Crippen LogP contribution in [0.3, 0.4) is 0 Å². The molecular formula is C14H14N2O. The third-order valence-corrected chi connectivity index (χ3v) is 3.67. The first-order valence-electron chi connectivity index (χ1n) is 5.83. The molecule has 0 amide bonds. The van der Waals surface area contributed by atoms with E-state index in [1.54, 1.807) is 12.1 Å². The first-order chi connectivity index (χ1) is 8.15. The fourth-order valence-corrected chi connectivity index (χ4v) is 2.84. The van der Waals surface area contributed by atoms with Crippen LogP contribution in [0.1, 0.15) is 22.3 Å². The monoisotopic (exact) mass is 226 g/mol. The number of fused-ring (bicyclic) bond motifs is 2. The van der Waals surface area contributed by atoms with Crippen molar-refractivity contribution in [2.75, 3.05) is 5.73 Å². The average Bonchev–Trinajstić information content (AvgIpc) is 2.28.